The maximum Gasteiger partial charge on any atom is 0.410 e. The molecule has 1 rings (SSSR count). The van der Waals surface area contributed by atoms with Crippen molar-refractivity contribution in [2.45, 2.75) is 52.2 Å². The average molecular weight is 252 g/mol. The van der Waals surface area contributed by atoms with Crippen LogP contribution in [-0.4, -0.2) is 35.7 Å². The van der Waals surface area contributed by atoms with Crippen LogP contribution in [0.5, 0.6) is 0 Å². The molecule has 102 valence electrons. The molecule has 0 saturated carbocycles. The maximum absolute atomic E-state index is 11.9. The highest BCUT2D eigenvalue weighted by atomic mass is 16.6. The van der Waals surface area contributed by atoms with Crippen LogP contribution in [0, 0.1) is 17.8 Å². The lowest BCUT2D eigenvalue weighted by atomic mass is 9.97. The molecule has 4 heteroatoms. The van der Waals surface area contributed by atoms with Crippen molar-refractivity contribution < 1.29 is 9.53 Å². The summed E-state index contributed by atoms with van der Waals surface area (Å²) >= 11 is 0. The number of likely N-dealkylation sites (tertiary alicyclic amines) is 1. The van der Waals surface area contributed by atoms with Gasteiger partial charge >= 0.3 is 6.09 Å². The third-order valence-electron chi connectivity index (χ3n) is 3.00. The molecular weight excluding hydrogens is 228 g/mol. The van der Waals surface area contributed by atoms with Gasteiger partial charge in [0, 0.05) is 25.6 Å². The number of hydrogen-bond acceptors (Lipinski definition) is 3. The van der Waals surface area contributed by atoms with Crippen molar-refractivity contribution in [2.75, 3.05) is 13.1 Å². The fraction of sp³-hybridized carbons (Fsp3) is 0.786. The minimum Gasteiger partial charge on any atom is -0.444 e. The van der Waals surface area contributed by atoms with Gasteiger partial charge in [-0.05, 0) is 40.0 Å². The monoisotopic (exact) mass is 252 g/mol. The first-order valence-electron chi connectivity index (χ1n) is 6.46. The fourth-order valence-corrected chi connectivity index (χ4v) is 2.02. The molecule has 4 nitrogen and oxygen atoms in total. The van der Waals surface area contributed by atoms with E-state index in [0.29, 0.717) is 18.9 Å². The van der Waals surface area contributed by atoms with Crippen molar-refractivity contribution in [1.29, 1.82) is 0 Å². The predicted octanol–water partition coefficient (Wildman–Crippen LogP) is 1.98. The van der Waals surface area contributed by atoms with Gasteiger partial charge in [0.05, 0.1) is 0 Å². The number of rotatable bonds is 2. The van der Waals surface area contributed by atoms with Gasteiger partial charge in [0.2, 0.25) is 0 Å². The topological polar surface area (TPSA) is 55.6 Å². The van der Waals surface area contributed by atoms with E-state index in [1.54, 1.807) is 4.90 Å². The molecule has 0 spiro atoms. The van der Waals surface area contributed by atoms with Gasteiger partial charge in [0.1, 0.15) is 5.60 Å². The molecule has 18 heavy (non-hydrogen) atoms. The van der Waals surface area contributed by atoms with E-state index in [1.165, 1.54) is 0 Å². The highest BCUT2D eigenvalue weighted by Gasteiger charge is 2.32. The zero-order valence-electron chi connectivity index (χ0n) is 11.8. The maximum atomic E-state index is 11.9. The second-order valence-corrected chi connectivity index (χ2v) is 5.77. The number of nitrogens with two attached hydrogens (primary N) is 1. The Morgan fingerprint density at radius 1 is 1.56 bits per heavy atom. The molecule has 0 bridgehead atoms. The Balaban J connectivity index is 2.45. The highest BCUT2D eigenvalue weighted by molar-refractivity contribution is 5.68. The first-order valence-corrected chi connectivity index (χ1v) is 6.46. The van der Waals surface area contributed by atoms with Crippen LogP contribution in [0.2, 0.25) is 0 Å². The lowest BCUT2D eigenvalue weighted by Crippen LogP contribution is -2.37. The number of amides is 1. The van der Waals surface area contributed by atoms with Crippen LogP contribution in [0.25, 0.3) is 0 Å². The molecule has 1 aliphatic rings. The normalized spacial score (nSPS) is 21.2. The Kier molecular flexibility index (Phi) is 5.03. The molecule has 0 aromatic rings. The summed E-state index contributed by atoms with van der Waals surface area (Å²) < 4.78 is 5.35. The minimum absolute atomic E-state index is 0.0462. The molecule has 2 unspecified atom stereocenters. The molecule has 1 aliphatic heterocycles. The number of ether oxygens (including phenoxy) is 1. The molecule has 1 amide bonds. The summed E-state index contributed by atoms with van der Waals surface area (Å²) in [6.45, 7) is 8.85. The first kappa shape index (κ1) is 14.8. The average Bonchev–Trinajstić information content (AvgIpc) is 2.72. The Morgan fingerprint density at radius 3 is 2.78 bits per heavy atom. The SMILES string of the molecule is CC#CCC(N)C1CCN(C(=O)OC(C)(C)C)C1. The van der Waals surface area contributed by atoms with Crippen molar-refractivity contribution in [1.82, 2.24) is 4.90 Å². The van der Waals surface area contributed by atoms with Crippen LogP contribution in [0.1, 0.15) is 40.5 Å². The molecule has 2 N–H and O–H groups in total. The van der Waals surface area contributed by atoms with E-state index < -0.39 is 5.60 Å². The summed E-state index contributed by atoms with van der Waals surface area (Å²) in [5.74, 6) is 6.18. The molecule has 0 aromatic carbocycles. The van der Waals surface area contributed by atoms with Crippen LogP contribution < -0.4 is 5.73 Å². The van der Waals surface area contributed by atoms with E-state index in [2.05, 4.69) is 11.8 Å². The van der Waals surface area contributed by atoms with Crippen LogP contribution in [0.4, 0.5) is 4.79 Å². The van der Waals surface area contributed by atoms with Crippen molar-refractivity contribution >= 4 is 6.09 Å². The number of hydrogen-bond donors (Lipinski definition) is 1. The Labute approximate surface area is 110 Å². The predicted molar refractivity (Wildman–Crippen MR) is 72.0 cm³/mol. The van der Waals surface area contributed by atoms with E-state index in [4.69, 9.17) is 10.5 Å². The summed E-state index contributed by atoms with van der Waals surface area (Å²) in [6, 6.07) is 0.0462. The Morgan fingerprint density at radius 2 is 2.22 bits per heavy atom. The van der Waals surface area contributed by atoms with Crippen molar-refractivity contribution in [3.63, 3.8) is 0 Å². The van der Waals surface area contributed by atoms with Crippen molar-refractivity contribution in [2.24, 2.45) is 11.7 Å². The summed E-state index contributed by atoms with van der Waals surface area (Å²) in [5, 5.41) is 0. The van der Waals surface area contributed by atoms with Crippen molar-refractivity contribution in [3.05, 3.63) is 0 Å². The molecule has 2 atom stereocenters. The van der Waals surface area contributed by atoms with Crippen molar-refractivity contribution in [3.8, 4) is 11.8 Å². The first-order chi connectivity index (χ1) is 8.33. The quantitative estimate of drug-likeness (QED) is 0.765. The molecule has 0 aliphatic carbocycles. The summed E-state index contributed by atoms with van der Waals surface area (Å²) in [5.41, 5.74) is 5.63. The number of carbonyl (C=O) groups is 1. The van der Waals surface area contributed by atoms with E-state index in [0.717, 1.165) is 13.0 Å². The van der Waals surface area contributed by atoms with Crippen LogP contribution in [-0.2, 0) is 4.74 Å². The molecular formula is C14H24N2O2. The largest absolute Gasteiger partial charge is 0.444 e. The van der Waals surface area contributed by atoms with Gasteiger partial charge in [0.15, 0.2) is 0 Å². The molecule has 1 heterocycles. The standard InChI is InChI=1S/C14H24N2O2/c1-5-6-7-12(15)11-8-9-16(10-11)13(17)18-14(2,3)4/h11-12H,7-10,15H2,1-4H3. The van der Waals surface area contributed by atoms with Crippen LogP contribution >= 0.6 is 0 Å². The Bertz CT molecular complexity index is 349. The van der Waals surface area contributed by atoms with Gasteiger partial charge < -0.3 is 15.4 Å². The number of carbonyl (C=O) groups excluding carboxylic acids is 1. The Hall–Kier alpha value is -1.21. The van der Waals surface area contributed by atoms with E-state index in [-0.39, 0.29) is 12.1 Å². The van der Waals surface area contributed by atoms with Gasteiger partial charge in [0.25, 0.3) is 0 Å². The second-order valence-electron chi connectivity index (χ2n) is 5.77. The third kappa shape index (κ3) is 4.58. The van der Waals surface area contributed by atoms with Gasteiger partial charge in [-0.25, -0.2) is 4.79 Å². The summed E-state index contributed by atoms with van der Waals surface area (Å²) in [6.07, 6.45) is 1.40. The fourth-order valence-electron chi connectivity index (χ4n) is 2.02. The number of nitrogens with zero attached hydrogens (tertiary/aromatic N) is 1. The van der Waals surface area contributed by atoms with Gasteiger partial charge in [-0.1, -0.05) is 0 Å². The summed E-state index contributed by atoms with van der Waals surface area (Å²) in [7, 11) is 0. The van der Waals surface area contributed by atoms with Gasteiger partial charge in [-0.2, -0.15) is 0 Å². The smallest absolute Gasteiger partial charge is 0.410 e. The van der Waals surface area contributed by atoms with Gasteiger partial charge in [-0.3, -0.25) is 0 Å². The van der Waals surface area contributed by atoms with Crippen LogP contribution in [0.3, 0.4) is 0 Å². The third-order valence-corrected chi connectivity index (χ3v) is 3.00. The molecule has 0 aromatic heterocycles. The van der Waals surface area contributed by atoms with Gasteiger partial charge in [-0.15, -0.1) is 11.8 Å². The minimum atomic E-state index is -0.440. The van der Waals surface area contributed by atoms with E-state index in [9.17, 15) is 4.79 Å². The molecule has 1 fully saturated rings. The lowest BCUT2D eigenvalue weighted by molar-refractivity contribution is 0.0286. The summed E-state index contributed by atoms with van der Waals surface area (Å²) in [4.78, 5) is 13.6. The highest BCUT2D eigenvalue weighted by Crippen LogP contribution is 2.22. The van der Waals surface area contributed by atoms with E-state index >= 15 is 0 Å². The van der Waals surface area contributed by atoms with Crippen LogP contribution in [0.15, 0.2) is 0 Å². The molecule has 0 radical (unpaired) electrons. The zero-order chi connectivity index (χ0) is 13.8. The van der Waals surface area contributed by atoms with E-state index in [1.807, 2.05) is 27.7 Å². The lowest BCUT2D eigenvalue weighted by Gasteiger charge is -2.25. The zero-order valence-corrected chi connectivity index (χ0v) is 11.8. The molecule has 1 saturated heterocycles. The second kappa shape index (κ2) is 6.10.